The number of benzene rings is 2. The summed E-state index contributed by atoms with van der Waals surface area (Å²) in [7, 11) is 0. The van der Waals surface area contributed by atoms with E-state index in [1.165, 1.54) is 24.3 Å². The fourth-order valence-electron chi connectivity index (χ4n) is 2.66. The molecular weight excluding hydrogens is 367 g/mol. The lowest BCUT2D eigenvalue weighted by molar-refractivity contribution is 0.0955. The van der Waals surface area contributed by atoms with Crippen molar-refractivity contribution in [1.82, 2.24) is 15.2 Å². The molecule has 5 nitrogen and oxygen atoms in total. The molecule has 138 valence electrons. The number of halogens is 2. The van der Waals surface area contributed by atoms with Crippen LogP contribution in [-0.4, -0.2) is 21.9 Å². The molecule has 0 aliphatic rings. The minimum atomic E-state index is -0.412. The first-order valence-corrected chi connectivity index (χ1v) is 8.70. The maximum absolute atomic E-state index is 12.9. The molecule has 1 heterocycles. The third kappa shape index (κ3) is 4.41. The van der Waals surface area contributed by atoms with Crippen molar-refractivity contribution in [2.75, 3.05) is 0 Å². The summed E-state index contributed by atoms with van der Waals surface area (Å²) in [6, 6.07) is 12.9. The van der Waals surface area contributed by atoms with E-state index in [9.17, 15) is 9.18 Å². The smallest absolute Gasteiger partial charge is 0.267 e. The van der Waals surface area contributed by atoms with Crippen molar-refractivity contribution in [2.45, 2.75) is 20.4 Å². The highest BCUT2D eigenvalue weighted by molar-refractivity contribution is 6.31. The topological polar surface area (TPSA) is 59.3 Å². The SMILES string of the molecule is Cc1nn(Cc2ccccc2Cl)c(C)c1/C=N\NC(=O)c1ccc(F)cc1. The van der Waals surface area contributed by atoms with Crippen LogP contribution in [0, 0.1) is 19.7 Å². The number of rotatable bonds is 5. The molecule has 0 saturated carbocycles. The second-order valence-electron chi connectivity index (χ2n) is 6.04. The van der Waals surface area contributed by atoms with Gasteiger partial charge in [0, 0.05) is 21.8 Å². The van der Waals surface area contributed by atoms with Gasteiger partial charge in [-0.1, -0.05) is 29.8 Å². The Balaban J connectivity index is 1.72. The molecule has 1 N–H and O–H groups in total. The molecule has 1 aromatic heterocycles. The van der Waals surface area contributed by atoms with Gasteiger partial charge in [0.2, 0.25) is 0 Å². The lowest BCUT2D eigenvalue weighted by Gasteiger charge is -2.06. The first kappa shape index (κ1) is 18.8. The van der Waals surface area contributed by atoms with Crippen molar-refractivity contribution in [3.05, 3.63) is 87.4 Å². The molecule has 1 amide bonds. The summed E-state index contributed by atoms with van der Waals surface area (Å²) in [5.74, 6) is -0.808. The molecule has 7 heteroatoms. The lowest BCUT2D eigenvalue weighted by Crippen LogP contribution is -2.17. The van der Waals surface area contributed by atoms with Gasteiger partial charge in [0.1, 0.15) is 5.82 Å². The Labute approximate surface area is 161 Å². The van der Waals surface area contributed by atoms with Crippen LogP contribution in [0.2, 0.25) is 5.02 Å². The molecule has 0 atom stereocenters. The fraction of sp³-hybridized carbons (Fsp3) is 0.150. The van der Waals surface area contributed by atoms with Crippen LogP contribution in [0.3, 0.4) is 0 Å². The fourth-order valence-corrected chi connectivity index (χ4v) is 2.86. The number of hydrogen-bond acceptors (Lipinski definition) is 3. The summed E-state index contributed by atoms with van der Waals surface area (Å²) in [5.41, 5.74) is 6.26. The van der Waals surface area contributed by atoms with Gasteiger partial charge in [0.05, 0.1) is 18.5 Å². The first-order valence-electron chi connectivity index (χ1n) is 8.32. The number of nitrogens with zero attached hydrogens (tertiary/aromatic N) is 3. The lowest BCUT2D eigenvalue weighted by atomic mass is 10.2. The van der Waals surface area contributed by atoms with Gasteiger partial charge in [-0.05, 0) is 49.7 Å². The van der Waals surface area contributed by atoms with Crippen LogP contribution in [0.1, 0.15) is 32.9 Å². The van der Waals surface area contributed by atoms with Gasteiger partial charge in [0.25, 0.3) is 5.91 Å². The Morgan fingerprint density at radius 3 is 2.63 bits per heavy atom. The first-order chi connectivity index (χ1) is 13.0. The Bertz CT molecular complexity index is 996. The molecule has 0 unspecified atom stereocenters. The molecule has 0 spiro atoms. The minimum Gasteiger partial charge on any atom is -0.267 e. The Morgan fingerprint density at radius 2 is 1.93 bits per heavy atom. The second kappa shape index (κ2) is 8.14. The summed E-state index contributed by atoms with van der Waals surface area (Å²) in [4.78, 5) is 12.0. The number of hydrogen-bond donors (Lipinski definition) is 1. The number of nitrogens with one attached hydrogen (secondary N) is 1. The molecule has 2 aromatic carbocycles. The highest BCUT2D eigenvalue weighted by Gasteiger charge is 2.11. The molecule has 0 aliphatic carbocycles. The van der Waals surface area contributed by atoms with Gasteiger partial charge >= 0.3 is 0 Å². The number of carbonyl (C=O) groups excluding carboxylic acids is 1. The highest BCUT2D eigenvalue weighted by Crippen LogP contribution is 2.18. The predicted octanol–water partition coefficient (Wildman–Crippen LogP) is 4.10. The van der Waals surface area contributed by atoms with Crippen LogP contribution in [0.5, 0.6) is 0 Å². The quantitative estimate of drug-likeness (QED) is 0.531. The summed E-state index contributed by atoms with van der Waals surface area (Å²) >= 11 is 6.22. The van der Waals surface area contributed by atoms with Crippen molar-refractivity contribution < 1.29 is 9.18 Å². The van der Waals surface area contributed by atoms with Gasteiger partial charge in [-0.2, -0.15) is 10.2 Å². The van der Waals surface area contributed by atoms with E-state index < -0.39 is 11.7 Å². The summed E-state index contributed by atoms with van der Waals surface area (Å²) in [6.45, 7) is 4.35. The molecule has 0 bridgehead atoms. The average Bonchev–Trinajstić information content (AvgIpc) is 2.91. The van der Waals surface area contributed by atoms with Crippen LogP contribution in [0.25, 0.3) is 0 Å². The Morgan fingerprint density at radius 1 is 1.22 bits per heavy atom. The van der Waals surface area contributed by atoms with E-state index in [0.717, 1.165) is 22.5 Å². The zero-order chi connectivity index (χ0) is 19.4. The molecule has 3 aromatic rings. The molecule has 0 saturated heterocycles. The van der Waals surface area contributed by atoms with Crippen LogP contribution in [0.15, 0.2) is 53.6 Å². The van der Waals surface area contributed by atoms with Crippen molar-refractivity contribution in [3.8, 4) is 0 Å². The van der Waals surface area contributed by atoms with Gasteiger partial charge in [-0.25, -0.2) is 9.82 Å². The Kier molecular flexibility index (Phi) is 5.66. The highest BCUT2D eigenvalue weighted by atomic mass is 35.5. The number of aromatic nitrogens is 2. The van der Waals surface area contributed by atoms with Crippen molar-refractivity contribution >= 4 is 23.7 Å². The zero-order valence-electron chi connectivity index (χ0n) is 14.9. The zero-order valence-corrected chi connectivity index (χ0v) is 15.7. The third-order valence-electron chi connectivity index (χ3n) is 4.18. The number of amides is 1. The van der Waals surface area contributed by atoms with Crippen LogP contribution in [-0.2, 0) is 6.54 Å². The largest absolute Gasteiger partial charge is 0.271 e. The molecule has 3 rings (SSSR count). The average molecular weight is 385 g/mol. The van der Waals surface area contributed by atoms with Crippen molar-refractivity contribution in [2.24, 2.45) is 5.10 Å². The van der Waals surface area contributed by atoms with Crippen LogP contribution < -0.4 is 5.43 Å². The standard InChI is InChI=1S/C20H18ClFN4O/c1-13-18(11-23-24-20(27)15-7-9-17(22)10-8-15)14(2)26(25-13)12-16-5-3-4-6-19(16)21/h3-11H,12H2,1-2H3,(H,24,27)/b23-11-. The summed E-state index contributed by atoms with van der Waals surface area (Å²) < 4.78 is 14.8. The molecule has 27 heavy (non-hydrogen) atoms. The maximum atomic E-state index is 12.9. The van der Waals surface area contributed by atoms with Gasteiger partial charge in [0.15, 0.2) is 0 Å². The second-order valence-corrected chi connectivity index (χ2v) is 6.45. The number of carbonyl (C=O) groups is 1. The number of aryl methyl sites for hydroxylation is 1. The monoisotopic (exact) mass is 384 g/mol. The summed E-state index contributed by atoms with van der Waals surface area (Å²) in [5, 5.41) is 9.21. The van der Waals surface area contributed by atoms with E-state index >= 15 is 0 Å². The molecular formula is C20H18ClFN4O. The van der Waals surface area contributed by atoms with E-state index in [1.807, 2.05) is 42.8 Å². The van der Waals surface area contributed by atoms with E-state index in [1.54, 1.807) is 6.21 Å². The van der Waals surface area contributed by atoms with Gasteiger partial charge in [-0.15, -0.1) is 0 Å². The number of hydrazone groups is 1. The third-order valence-corrected chi connectivity index (χ3v) is 4.55. The van der Waals surface area contributed by atoms with Crippen LogP contribution in [0.4, 0.5) is 4.39 Å². The van der Waals surface area contributed by atoms with Gasteiger partial charge < -0.3 is 0 Å². The van der Waals surface area contributed by atoms with Crippen molar-refractivity contribution in [1.29, 1.82) is 0 Å². The Hall–Kier alpha value is -2.99. The van der Waals surface area contributed by atoms with Gasteiger partial charge in [-0.3, -0.25) is 9.48 Å². The maximum Gasteiger partial charge on any atom is 0.271 e. The normalized spacial score (nSPS) is 11.1. The van der Waals surface area contributed by atoms with E-state index in [2.05, 4.69) is 15.6 Å². The predicted molar refractivity (Wildman–Crippen MR) is 104 cm³/mol. The van der Waals surface area contributed by atoms with E-state index in [-0.39, 0.29) is 0 Å². The molecule has 0 radical (unpaired) electrons. The van der Waals surface area contributed by atoms with E-state index in [4.69, 9.17) is 11.6 Å². The van der Waals surface area contributed by atoms with Crippen LogP contribution >= 0.6 is 11.6 Å². The van der Waals surface area contributed by atoms with E-state index in [0.29, 0.717) is 17.1 Å². The molecule has 0 aliphatic heterocycles. The summed E-state index contributed by atoms with van der Waals surface area (Å²) in [6.07, 6.45) is 1.56. The molecule has 0 fully saturated rings. The van der Waals surface area contributed by atoms with Crippen molar-refractivity contribution in [3.63, 3.8) is 0 Å². The minimum absolute atomic E-state index is 0.330.